The molecule has 3 rings (SSSR count). The molecule has 1 heterocycles. The van der Waals surface area contributed by atoms with Gasteiger partial charge in [-0.05, 0) is 50.2 Å². The highest BCUT2D eigenvalue weighted by atomic mass is 35.5. The fraction of sp³-hybridized carbons (Fsp3) is 0.211. The molecule has 0 fully saturated rings. The van der Waals surface area contributed by atoms with E-state index in [4.69, 9.17) is 11.6 Å². The third-order valence-corrected chi connectivity index (χ3v) is 5.19. The van der Waals surface area contributed by atoms with Crippen LogP contribution in [0.2, 0.25) is 5.02 Å². The molecule has 1 N–H and O–H groups in total. The maximum absolute atomic E-state index is 13.0. The number of nitrogens with one attached hydrogen (secondary N) is 1. The minimum atomic E-state index is -0.406. The van der Waals surface area contributed by atoms with Gasteiger partial charge in [0.25, 0.3) is 0 Å². The van der Waals surface area contributed by atoms with E-state index in [-0.39, 0.29) is 11.7 Å². The zero-order chi connectivity index (χ0) is 19.4. The summed E-state index contributed by atoms with van der Waals surface area (Å²) in [7, 11) is 0. The molecule has 0 aliphatic rings. The second-order valence-corrected chi connectivity index (χ2v) is 7.56. The number of anilines is 1. The average Bonchev–Trinajstić information content (AvgIpc) is 3.06. The van der Waals surface area contributed by atoms with Crippen molar-refractivity contribution in [1.82, 2.24) is 14.8 Å². The minimum Gasteiger partial charge on any atom is -0.325 e. The van der Waals surface area contributed by atoms with E-state index in [1.54, 1.807) is 13.0 Å². The molecule has 0 spiro atoms. The van der Waals surface area contributed by atoms with Crippen molar-refractivity contribution < 1.29 is 9.18 Å². The topological polar surface area (TPSA) is 59.8 Å². The lowest BCUT2D eigenvalue weighted by Gasteiger charge is -2.13. The first-order chi connectivity index (χ1) is 13.0. The fourth-order valence-corrected chi connectivity index (χ4v) is 3.59. The van der Waals surface area contributed by atoms with Crippen LogP contribution in [-0.4, -0.2) is 25.9 Å². The lowest BCUT2D eigenvalue weighted by molar-refractivity contribution is -0.115. The molecule has 0 aliphatic carbocycles. The van der Waals surface area contributed by atoms with Gasteiger partial charge >= 0.3 is 0 Å². The molecule has 0 bridgehead atoms. The van der Waals surface area contributed by atoms with Crippen LogP contribution in [0.1, 0.15) is 13.8 Å². The normalized spacial score (nSPS) is 12.0. The molecule has 0 radical (unpaired) electrons. The first kappa shape index (κ1) is 19.4. The van der Waals surface area contributed by atoms with Crippen LogP contribution >= 0.6 is 23.4 Å². The summed E-state index contributed by atoms with van der Waals surface area (Å²) in [6.45, 7) is 4.44. The highest BCUT2D eigenvalue weighted by molar-refractivity contribution is 8.00. The van der Waals surface area contributed by atoms with Gasteiger partial charge in [-0.1, -0.05) is 35.5 Å². The van der Waals surface area contributed by atoms with Gasteiger partial charge in [0.1, 0.15) is 5.82 Å². The largest absolute Gasteiger partial charge is 0.325 e. The summed E-state index contributed by atoms with van der Waals surface area (Å²) in [5.74, 6) is 0.162. The van der Waals surface area contributed by atoms with E-state index in [0.717, 1.165) is 5.56 Å². The third-order valence-electron chi connectivity index (χ3n) is 3.88. The van der Waals surface area contributed by atoms with Crippen molar-refractivity contribution in [3.05, 3.63) is 59.4 Å². The van der Waals surface area contributed by atoms with Crippen LogP contribution in [0.4, 0.5) is 10.1 Å². The van der Waals surface area contributed by atoms with Crippen LogP contribution in [-0.2, 0) is 11.3 Å². The Kier molecular flexibility index (Phi) is 6.13. The van der Waals surface area contributed by atoms with Gasteiger partial charge in [-0.3, -0.25) is 4.79 Å². The predicted octanol–water partition coefficient (Wildman–Crippen LogP) is 4.88. The number of halogens is 2. The van der Waals surface area contributed by atoms with Crippen molar-refractivity contribution in [3.63, 3.8) is 0 Å². The molecule has 140 valence electrons. The molecule has 2 aromatic carbocycles. The monoisotopic (exact) mass is 404 g/mol. The highest BCUT2D eigenvalue weighted by Crippen LogP contribution is 2.28. The van der Waals surface area contributed by atoms with Crippen molar-refractivity contribution in [1.29, 1.82) is 0 Å². The highest BCUT2D eigenvalue weighted by Gasteiger charge is 2.20. The SMILES string of the molecule is CCn1c(S[C@H](C)C(=O)Nc2ccc(F)cc2)nnc1-c1cccc(Cl)c1. The number of carbonyl (C=O) groups excluding carboxylic acids is 1. The molecule has 0 aliphatic heterocycles. The lowest BCUT2D eigenvalue weighted by atomic mass is 10.2. The predicted molar refractivity (Wildman–Crippen MR) is 106 cm³/mol. The van der Waals surface area contributed by atoms with Crippen LogP contribution in [0.3, 0.4) is 0 Å². The van der Waals surface area contributed by atoms with Gasteiger partial charge in [-0.15, -0.1) is 10.2 Å². The van der Waals surface area contributed by atoms with Gasteiger partial charge in [0.05, 0.1) is 5.25 Å². The third kappa shape index (κ3) is 4.67. The number of nitrogens with zero attached hydrogens (tertiary/aromatic N) is 3. The molecule has 3 aromatic rings. The van der Waals surface area contributed by atoms with Gasteiger partial charge in [0.2, 0.25) is 5.91 Å². The lowest BCUT2D eigenvalue weighted by Crippen LogP contribution is -2.23. The van der Waals surface area contributed by atoms with E-state index in [1.165, 1.54) is 36.0 Å². The van der Waals surface area contributed by atoms with Gasteiger partial charge in [-0.25, -0.2) is 4.39 Å². The molecule has 1 amide bonds. The first-order valence-electron chi connectivity index (χ1n) is 8.40. The van der Waals surface area contributed by atoms with Gasteiger partial charge < -0.3 is 9.88 Å². The molecule has 8 heteroatoms. The van der Waals surface area contributed by atoms with Gasteiger partial charge in [0.15, 0.2) is 11.0 Å². The summed E-state index contributed by atoms with van der Waals surface area (Å²) in [6, 6.07) is 13.1. The first-order valence-corrected chi connectivity index (χ1v) is 9.66. The standard InChI is InChI=1S/C19H18ClFN4OS/c1-3-25-17(13-5-4-6-14(20)11-13)23-24-19(25)27-12(2)18(26)22-16-9-7-15(21)8-10-16/h4-12H,3H2,1-2H3,(H,22,26)/t12-/m1/s1. The number of thioether (sulfide) groups is 1. The Morgan fingerprint density at radius 3 is 2.67 bits per heavy atom. The van der Waals surface area contributed by atoms with Gasteiger partial charge in [-0.2, -0.15) is 0 Å². The second kappa shape index (κ2) is 8.54. The van der Waals surface area contributed by atoms with E-state index in [1.807, 2.05) is 29.7 Å². The molecular weight excluding hydrogens is 387 g/mol. The summed E-state index contributed by atoms with van der Waals surface area (Å²) >= 11 is 7.39. The zero-order valence-corrected chi connectivity index (χ0v) is 16.4. The van der Waals surface area contributed by atoms with E-state index < -0.39 is 5.25 Å². The van der Waals surface area contributed by atoms with Crippen LogP contribution in [0.25, 0.3) is 11.4 Å². The summed E-state index contributed by atoms with van der Waals surface area (Å²) < 4.78 is 14.9. The number of rotatable bonds is 6. The van der Waals surface area contributed by atoms with Crippen molar-refractivity contribution in [3.8, 4) is 11.4 Å². The van der Waals surface area contributed by atoms with E-state index in [0.29, 0.717) is 28.2 Å². The molecule has 27 heavy (non-hydrogen) atoms. The van der Waals surface area contributed by atoms with Crippen LogP contribution < -0.4 is 5.32 Å². The number of aromatic nitrogens is 3. The number of hydrogen-bond donors (Lipinski definition) is 1. The number of benzene rings is 2. The summed E-state index contributed by atoms with van der Waals surface area (Å²) in [4.78, 5) is 12.4. The molecule has 0 unspecified atom stereocenters. The van der Waals surface area contributed by atoms with E-state index in [9.17, 15) is 9.18 Å². The Labute approximate surface area is 166 Å². The van der Waals surface area contributed by atoms with Gasteiger partial charge in [0, 0.05) is 22.8 Å². The van der Waals surface area contributed by atoms with Crippen LogP contribution in [0, 0.1) is 5.82 Å². The van der Waals surface area contributed by atoms with E-state index in [2.05, 4.69) is 15.5 Å². The maximum Gasteiger partial charge on any atom is 0.237 e. The zero-order valence-electron chi connectivity index (χ0n) is 14.8. The quantitative estimate of drug-likeness (QED) is 0.595. The molecular formula is C19H18ClFN4OS. The van der Waals surface area contributed by atoms with Crippen LogP contribution in [0.5, 0.6) is 0 Å². The molecule has 1 aromatic heterocycles. The second-order valence-electron chi connectivity index (χ2n) is 5.82. The Balaban J connectivity index is 1.75. The Morgan fingerprint density at radius 2 is 2.00 bits per heavy atom. The molecule has 1 atom stereocenters. The molecule has 0 saturated carbocycles. The summed E-state index contributed by atoms with van der Waals surface area (Å²) in [6.07, 6.45) is 0. The summed E-state index contributed by atoms with van der Waals surface area (Å²) in [5.41, 5.74) is 1.41. The fourth-order valence-electron chi connectivity index (χ4n) is 2.49. The molecule has 0 saturated heterocycles. The molecule has 5 nitrogen and oxygen atoms in total. The maximum atomic E-state index is 13.0. The van der Waals surface area contributed by atoms with E-state index >= 15 is 0 Å². The van der Waals surface area contributed by atoms with Crippen LogP contribution in [0.15, 0.2) is 53.7 Å². The Morgan fingerprint density at radius 1 is 1.26 bits per heavy atom. The number of amides is 1. The minimum absolute atomic E-state index is 0.193. The van der Waals surface area contributed by atoms with Crippen molar-refractivity contribution in [2.24, 2.45) is 0 Å². The average molecular weight is 405 g/mol. The number of hydrogen-bond acceptors (Lipinski definition) is 4. The Bertz CT molecular complexity index is 945. The Hall–Kier alpha value is -2.38. The van der Waals surface area contributed by atoms with Crippen molar-refractivity contribution in [2.45, 2.75) is 30.8 Å². The summed E-state index contributed by atoms with van der Waals surface area (Å²) in [5, 5.41) is 12.1. The number of carbonyl (C=O) groups is 1. The van der Waals surface area contributed by atoms with Crippen molar-refractivity contribution in [2.75, 3.05) is 5.32 Å². The van der Waals surface area contributed by atoms with Crippen molar-refractivity contribution >= 4 is 35.0 Å². The smallest absolute Gasteiger partial charge is 0.237 e.